The first kappa shape index (κ1) is 34.8. The number of fused-ring (bicyclic) bond motifs is 13. The maximum absolute atomic E-state index is 2.44. The maximum Gasteiger partial charge on any atom is -0.00199 e. The molecule has 0 bridgehead atoms. The summed E-state index contributed by atoms with van der Waals surface area (Å²) in [6.07, 6.45) is 0. The van der Waals surface area contributed by atoms with E-state index in [0.29, 0.717) is 0 Å². The molecule has 0 N–H and O–H groups in total. The molecule has 0 atom stereocenters. The van der Waals surface area contributed by atoms with E-state index in [1.807, 2.05) is 0 Å². The van der Waals surface area contributed by atoms with Gasteiger partial charge in [0.2, 0.25) is 0 Å². The van der Waals surface area contributed by atoms with Crippen molar-refractivity contribution in [3.63, 3.8) is 0 Å². The molecule has 0 heterocycles. The Bertz CT molecular complexity index is 3890. The van der Waals surface area contributed by atoms with Crippen molar-refractivity contribution in [1.29, 1.82) is 0 Å². The van der Waals surface area contributed by atoms with Crippen LogP contribution in [-0.4, -0.2) is 0 Å². The van der Waals surface area contributed by atoms with E-state index in [1.165, 1.54) is 131 Å². The second-order valence-electron chi connectivity index (χ2n) is 16.7. The molecule has 13 aromatic rings. The summed E-state index contributed by atoms with van der Waals surface area (Å²) in [6, 6.07) is 85.5. The summed E-state index contributed by atoms with van der Waals surface area (Å²) >= 11 is 0. The van der Waals surface area contributed by atoms with Crippen molar-refractivity contribution in [2.45, 2.75) is 0 Å². The van der Waals surface area contributed by atoms with Crippen LogP contribution >= 0.6 is 0 Å². The highest BCUT2D eigenvalue weighted by Gasteiger charge is 2.19. The Hall–Kier alpha value is -8.06. The molecule has 0 amide bonds. The highest BCUT2D eigenvalue weighted by Crippen LogP contribution is 2.46. The smallest absolute Gasteiger partial charge is 0.00199 e. The molecule has 0 aliphatic carbocycles. The van der Waals surface area contributed by atoms with Gasteiger partial charge in [0.05, 0.1) is 0 Å². The molecule has 0 aromatic heterocycles. The lowest BCUT2D eigenvalue weighted by Gasteiger charge is -2.19. The van der Waals surface area contributed by atoms with Gasteiger partial charge in [0, 0.05) is 0 Å². The van der Waals surface area contributed by atoms with Crippen LogP contribution < -0.4 is 0 Å². The third-order valence-electron chi connectivity index (χ3n) is 13.4. The van der Waals surface area contributed by atoms with Crippen LogP contribution in [0.1, 0.15) is 0 Å². The minimum atomic E-state index is 1.22. The van der Waals surface area contributed by atoms with Crippen molar-refractivity contribution in [1.82, 2.24) is 0 Å². The predicted molar refractivity (Wildman–Crippen MR) is 268 cm³/mol. The van der Waals surface area contributed by atoms with Gasteiger partial charge in [-0.15, -0.1) is 0 Å². The van der Waals surface area contributed by atoms with Gasteiger partial charge in [0.1, 0.15) is 0 Å². The van der Waals surface area contributed by atoms with E-state index in [-0.39, 0.29) is 0 Å². The van der Waals surface area contributed by atoms with Gasteiger partial charge < -0.3 is 0 Å². The highest BCUT2D eigenvalue weighted by molar-refractivity contribution is 6.33. The molecule has 0 nitrogen and oxygen atoms in total. The molecular weight excluding hydrogens is 745 g/mol. The molecular formula is C62H38. The fraction of sp³-hybridized carbons (Fsp3) is 0. The lowest BCUT2D eigenvalue weighted by Crippen LogP contribution is -1.91. The quantitative estimate of drug-likeness (QED) is 0.123. The van der Waals surface area contributed by atoms with Crippen molar-refractivity contribution < 1.29 is 0 Å². The number of hydrogen-bond acceptors (Lipinski definition) is 0. The second kappa shape index (κ2) is 13.7. The molecule has 286 valence electrons. The molecule has 0 radical (unpaired) electrons. The Morgan fingerprint density at radius 2 is 0.468 bits per heavy atom. The first-order valence-corrected chi connectivity index (χ1v) is 21.6. The summed E-state index contributed by atoms with van der Waals surface area (Å²) in [7, 11) is 0. The molecule has 0 aliphatic rings. The van der Waals surface area contributed by atoms with E-state index in [9.17, 15) is 0 Å². The molecule has 0 saturated carbocycles. The third kappa shape index (κ3) is 5.20. The SMILES string of the molecule is c1ccc2c(c1)cc(-c1ccc(-c3c4ccccc4c(-c4ccc(-c5cc6c7ccccc7c7ccccc7c6c6ccccc56)cc4)c4ccccc34)cc1)c1ccccc12. The van der Waals surface area contributed by atoms with Crippen LogP contribution in [0.2, 0.25) is 0 Å². The van der Waals surface area contributed by atoms with E-state index in [0.717, 1.165) is 0 Å². The van der Waals surface area contributed by atoms with Gasteiger partial charge in [-0.05, 0) is 143 Å². The number of benzene rings is 13. The largest absolute Gasteiger partial charge is 0.0616 e. The van der Waals surface area contributed by atoms with Crippen LogP contribution in [-0.2, 0) is 0 Å². The van der Waals surface area contributed by atoms with Crippen LogP contribution in [0.5, 0.6) is 0 Å². The number of rotatable bonds is 4. The van der Waals surface area contributed by atoms with E-state index in [2.05, 4.69) is 231 Å². The minimum absolute atomic E-state index is 1.22. The van der Waals surface area contributed by atoms with Crippen LogP contribution in [0.15, 0.2) is 231 Å². The highest BCUT2D eigenvalue weighted by atomic mass is 14.2. The summed E-state index contributed by atoms with van der Waals surface area (Å²) < 4.78 is 0. The number of hydrogen-bond donors (Lipinski definition) is 0. The van der Waals surface area contributed by atoms with Crippen molar-refractivity contribution in [2.75, 3.05) is 0 Å². The van der Waals surface area contributed by atoms with Gasteiger partial charge in [-0.3, -0.25) is 0 Å². The lowest BCUT2D eigenvalue weighted by atomic mass is 9.84. The molecule has 0 spiro atoms. The Kier molecular flexibility index (Phi) is 7.71. The van der Waals surface area contributed by atoms with Gasteiger partial charge in [0.25, 0.3) is 0 Å². The van der Waals surface area contributed by atoms with Crippen molar-refractivity contribution in [3.05, 3.63) is 231 Å². The molecule has 0 aliphatic heterocycles. The average molecular weight is 783 g/mol. The van der Waals surface area contributed by atoms with Gasteiger partial charge >= 0.3 is 0 Å². The topological polar surface area (TPSA) is 0 Å². The van der Waals surface area contributed by atoms with E-state index in [1.54, 1.807) is 0 Å². The molecule has 0 fully saturated rings. The van der Waals surface area contributed by atoms with Crippen LogP contribution in [0.3, 0.4) is 0 Å². The van der Waals surface area contributed by atoms with E-state index >= 15 is 0 Å². The average Bonchev–Trinajstić information content (AvgIpc) is 3.35. The second-order valence-corrected chi connectivity index (χ2v) is 16.7. The molecule has 0 unspecified atom stereocenters. The fourth-order valence-corrected chi connectivity index (χ4v) is 10.7. The molecule has 13 aromatic carbocycles. The Balaban J connectivity index is 0.963. The monoisotopic (exact) mass is 782 g/mol. The fourth-order valence-electron chi connectivity index (χ4n) is 10.7. The molecule has 0 heteroatoms. The maximum atomic E-state index is 2.44. The van der Waals surface area contributed by atoms with Crippen molar-refractivity contribution >= 4 is 86.2 Å². The first-order valence-electron chi connectivity index (χ1n) is 21.6. The Morgan fingerprint density at radius 1 is 0.177 bits per heavy atom. The van der Waals surface area contributed by atoms with Gasteiger partial charge in [-0.1, -0.05) is 218 Å². The normalized spacial score (nSPS) is 11.9. The van der Waals surface area contributed by atoms with Gasteiger partial charge in [-0.25, -0.2) is 0 Å². The predicted octanol–water partition coefficient (Wildman–Crippen LogP) is 17.6. The summed E-state index contributed by atoms with van der Waals surface area (Å²) in [6.45, 7) is 0. The summed E-state index contributed by atoms with van der Waals surface area (Å²) in [5.41, 5.74) is 9.93. The van der Waals surface area contributed by atoms with E-state index < -0.39 is 0 Å². The van der Waals surface area contributed by atoms with Crippen LogP contribution in [0.25, 0.3) is 131 Å². The molecule has 62 heavy (non-hydrogen) atoms. The zero-order valence-corrected chi connectivity index (χ0v) is 33.9. The summed E-state index contributed by atoms with van der Waals surface area (Å²) in [4.78, 5) is 0. The van der Waals surface area contributed by atoms with Crippen LogP contribution in [0.4, 0.5) is 0 Å². The zero-order chi connectivity index (χ0) is 40.7. The minimum Gasteiger partial charge on any atom is -0.0616 e. The standard InChI is InChI=1S/C62H38/c1-2-16-44-43(15-1)37-57(48-20-5-3-17-45(44)48)39-29-33-41(34-30-39)60-53-25-11-13-27-55(53)61(56-28-14-12-26-54(56)60)42-35-31-40(32-36-42)58-38-59-49-21-6-4-18-46(49)47-19-7-9-23-51(47)62(59)52-24-10-8-22-50(52)58/h1-38H. The Morgan fingerprint density at radius 3 is 0.952 bits per heavy atom. The van der Waals surface area contributed by atoms with Gasteiger partial charge in [0.15, 0.2) is 0 Å². The van der Waals surface area contributed by atoms with E-state index in [4.69, 9.17) is 0 Å². The molecule has 13 rings (SSSR count). The van der Waals surface area contributed by atoms with Crippen molar-refractivity contribution in [3.8, 4) is 44.5 Å². The Labute approximate surface area is 359 Å². The van der Waals surface area contributed by atoms with Crippen LogP contribution in [0, 0.1) is 0 Å². The zero-order valence-electron chi connectivity index (χ0n) is 33.9. The molecule has 0 saturated heterocycles. The van der Waals surface area contributed by atoms with Crippen molar-refractivity contribution in [2.24, 2.45) is 0 Å². The summed E-state index contributed by atoms with van der Waals surface area (Å²) in [5.74, 6) is 0. The third-order valence-corrected chi connectivity index (χ3v) is 13.4. The summed E-state index contributed by atoms with van der Waals surface area (Å²) in [5, 5.41) is 20.5. The van der Waals surface area contributed by atoms with Gasteiger partial charge in [-0.2, -0.15) is 0 Å². The lowest BCUT2D eigenvalue weighted by molar-refractivity contribution is 1.63. The first-order chi connectivity index (χ1) is 30.8.